The van der Waals surface area contributed by atoms with Crippen LogP contribution in [0.2, 0.25) is 0 Å². The van der Waals surface area contributed by atoms with Crippen LogP contribution in [0.4, 0.5) is 0 Å². The molecule has 1 aromatic heterocycles. The number of aryl methyl sites for hydroxylation is 1. The molecule has 3 heteroatoms. The first kappa shape index (κ1) is 18.0. The molecule has 98 valence electrons. The van der Waals surface area contributed by atoms with Crippen LogP contribution >= 0.6 is 0 Å². The molecule has 3 nitrogen and oxygen atoms in total. The van der Waals surface area contributed by atoms with E-state index in [4.69, 9.17) is 4.74 Å². The quantitative estimate of drug-likeness (QED) is 0.804. The standard InChI is InChI=1S/C10H13NO2.2C2H6/c1-8(12)3-4-9-5-6-10(13-2)11-7-9;2*1-2/h5-7H,3-4H2,1-2H3;2*1-2H3. The number of pyridine rings is 1. The van der Waals surface area contributed by atoms with Crippen LogP contribution in [0.15, 0.2) is 18.3 Å². The predicted octanol–water partition coefficient (Wildman–Crippen LogP) is 3.66. The minimum Gasteiger partial charge on any atom is -0.481 e. The van der Waals surface area contributed by atoms with E-state index < -0.39 is 0 Å². The first-order valence-corrected chi connectivity index (χ1v) is 6.20. The van der Waals surface area contributed by atoms with Gasteiger partial charge in [-0.05, 0) is 18.9 Å². The summed E-state index contributed by atoms with van der Waals surface area (Å²) in [5.41, 5.74) is 1.07. The first-order valence-electron chi connectivity index (χ1n) is 6.20. The monoisotopic (exact) mass is 239 g/mol. The summed E-state index contributed by atoms with van der Waals surface area (Å²) in [6.07, 6.45) is 3.07. The number of hydrogen-bond donors (Lipinski definition) is 0. The number of ketones is 1. The lowest BCUT2D eigenvalue weighted by atomic mass is 10.1. The number of aromatic nitrogens is 1. The molecule has 0 fully saturated rings. The molecule has 0 radical (unpaired) electrons. The van der Waals surface area contributed by atoms with Gasteiger partial charge in [0.05, 0.1) is 7.11 Å². The summed E-state index contributed by atoms with van der Waals surface area (Å²) >= 11 is 0. The highest BCUT2D eigenvalue weighted by atomic mass is 16.5. The Morgan fingerprint density at radius 3 is 2.18 bits per heavy atom. The van der Waals surface area contributed by atoms with Crippen LogP contribution in [0.25, 0.3) is 0 Å². The van der Waals surface area contributed by atoms with E-state index in [0.29, 0.717) is 12.3 Å². The van der Waals surface area contributed by atoms with Crippen LogP contribution in [0.1, 0.15) is 46.6 Å². The van der Waals surface area contributed by atoms with Crippen molar-refractivity contribution in [3.63, 3.8) is 0 Å². The van der Waals surface area contributed by atoms with Gasteiger partial charge in [-0.2, -0.15) is 0 Å². The molecule has 1 heterocycles. The Hall–Kier alpha value is -1.38. The third-order valence-corrected chi connectivity index (χ3v) is 1.77. The van der Waals surface area contributed by atoms with Crippen molar-refractivity contribution < 1.29 is 9.53 Å². The van der Waals surface area contributed by atoms with Crippen molar-refractivity contribution in [3.05, 3.63) is 23.9 Å². The van der Waals surface area contributed by atoms with Gasteiger partial charge in [0.15, 0.2) is 0 Å². The highest BCUT2D eigenvalue weighted by molar-refractivity contribution is 5.75. The molecule has 0 bridgehead atoms. The van der Waals surface area contributed by atoms with Crippen molar-refractivity contribution in [2.45, 2.75) is 47.5 Å². The highest BCUT2D eigenvalue weighted by Crippen LogP contribution is 2.08. The average molecular weight is 239 g/mol. The van der Waals surface area contributed by atoms with Gasteiger partial charge in [0, 0.05) is 18.7 Å². The molecule has 0 spiro atoms. The van der Waals surface area contributed by atoms with Gasteiger partial charge in [-0.3, -0.25) is 0 Å². The Bertz CT molecular complexity index is 281. The summed E-state index contributed by atoms with van der Waals surface area (Å²) in [6.45, 7) is 9.59. The fourth-order valence-electron chi connectivity index (χ4n) is 1.000. The largest absolute Gasteiger partial charge is 0.481 e. The molecular formula is C14H25NO2. The number of Topliss-reactive ketones (excluding diaryl/α,β-unsaturated/α-hetero) is 1. The second-order valence-corrected chi connectivity index (χ2v) is 2.91. The molecule has 0 saturated carbocycles. The lowest BCUT2D eigenvalue weighted by molar-refractivity contribution is -0.116. The van der Waals surface area contributed by atoms with E-state index in [1.165, 1.54) is 0 Å². The zero-order valence-corrected chi connectivity index (χ0v) is 11.9. The average Bonchev–Trinajstić information content (AvgIpc) is 2.41. The Balaban J connectivity index is 0. The lowest BCUT2D eigenvalue weighted by Gasteiger charge is -2.00. The van der Waals surface area contributed by atoms with Crippen molar-refractivity contribution in [2.75, 3.05) is 7.11 Å². The van der Waals surface area contributed by atoms with Crippen molar-refractivity contribution in [1.29, 1.82) is 0 Å². The lowest BCUT2D eigenvalue weighted by Crippen LogP contribution is -1.95. The summed E-state index contributed by atoms with van der Waals surface area (Å²) in [6, 6.07) is 3.73. The van der Waals surface area contributed by atoms with E-state index in [2.05, 4.69) is 4.98 Å². The van der Waals surface area contributed by atoms with E-state index in [-0.39, 0.29) is 5.78 Å². The molecule has 0 aromatic carbocycles. The van der Waals surface area contributed by atoms with Crippen molar-refractivity contribution in [1.82, 2.24) is 4.98 Å². The van der Waals surface area contributed by atoms with Crippen molar-refractivity contribution >= 4 is 5.78 Å². The summed E-state index contributed by atoms with van der Waals surface area (Å²) in [5.74, 6) is 0.808. The van der Waals surface area contributed by atoms with Gasteiger partial charge in [0.1, 0.15) is 5.78 Å². The number of nitrogens with zero attached hydrogens (tertiary/aromatic N) is 1. The van der Waals surface area contributed by atoms with E-state index in [1.54, 1.807) is 26.3 Å². The van der Waals surface area contributed by atoms with E-state index in [9.17, 15) is 4.79 Å². The maximum Gasteiger partial charge on any atom is 0.212 e. The summed E-state index contributed by atoms with van der Waals surface area (Å²) < 4.78 is 4.92. The van der Waals surface area contributed by atoms with Crippen LogP contribution in [-0.2, 0) is 11.2 Å². The highest BCUT2D eigenvalue weighted by Gasteiger charge is 1.97. The maximum absolute atomic E-state index is 10.7. The number of carbonyl (C=O) groups excluding carboxylic acids is 1. The second kappa shape index (κ2) is 12.7. The minimum atomic E-state index is 0.204. The Morgan fingerprint density at radius 2 is 1.82 bits per heavy atom. The molecule has 0 saturated heterocycles. The van der Waals surface area contributed by atoms with Gasteiger partial charge in [-0.15, -0.1) is 0 Å². The van der Waals surface area contributed by atoms with Crippen LogP contribution in [0.3, 0.4) is 0 Å². The molecule has 0 amide bonds. The molecule has 0 aliphatic carbocycles. The number of ether oxygens (including phenoxy) is 1. The SMILES string of the molecule is CC.CC.COc1ccc(CCC(C)=O)cn1. The van der Waals surface area contributed by atoms with Crippen LogP contribution < -0.4 is 4.74 Å². The third kappa shape index (κ3) is 9.54. The number of carbonyl (C=O) groups is 1. The van der Waals surface area contributed by atoms with E-state index in [0.717, 1.165) is 12.0 Å². The fraction of sp³-hybridized carbons (Fsp3) is 0.571. The summed E-state index contributed by atoms with van der Waals surface area (Å²) in [5, 5.41) is 0. The number of rotatable bonds is 4. The Labute approximate surface area is 105 Å². The normalized spacial score (nSPS) is 8.12. The van der Waals surface area contributed by atoms with Gasteiger partial charge in [0.25, 0.3) is 0 Å². The second-order valence-electron chi connectivity index (χ2n) is 2.91. The van der Waals surface area contributed by atoms with Crippen LogP contribution in [0.5, 0.6) is 5.88 Å². The van der Waals surface area contributed by atoms with Crippen LogP contribution in [-0.4, -0.2) is 17.9 Å². The molecule has 0 N–H and O–H groups in total. The van der Waals surface area contributed by atoms with E-state index in [1.807, 2.05) is 33.8 Å². The maximum atomic E-state index is 10.7. The van der Waals surface area contributed by atoms with Gasteiger partial charge in [-0.25, -0.2) is 4.98 Å². The molecule has 17 heavy (non-hydrogen) atoms. The summed E-state index contributed by atoms with van der Waals surface area (Å²) in [4.78, 5) is 14.7. The number of hydrogen-bond acceptors (Lipinski definition) is 3. The van der Waals surface area contributed by atoms with Crippen LogP contribution in [0, 0.1) is 0 Å². The van der Waals surface area contributed by atoms with Crippen molar-refractivity contribution in [3.8, 4) is 5.88 Å². The smallest absolute Gasteiger partial charge is 0.212 e. The van der Waals surface area contributed by atoms with Gasteiger partial charge in [-0.1, -0.05) is 33.8 Å². The first-order chi connectivity index (χ1) is 8.22. The molecule has 0 aliphatic heterocycles. The molecule has 0 atom stereocenters. The molecular weight excluding hydrogens is 214 g/mol. The number of methoxy groups -OCH3 is 1. The van der Waals surface area contributed by atoms with E-state index >= 15 is 0 Å². The topological polar surface area (TPSA) is 39.2 Å². The van der Waals surface area contributed by atoms with Gasteiger partial charge in [0.2, 0.25) is 5.88 Å². The fourth-order valence-corrected chi connectivity index (χ4v) is 1.000. The zero-order valence-electron chi connectivity index (χ0n) is 11.9. The Morgan fingerprint density at radius 1 is 1.24 bits per heavy atom. The molecule has 0 aliphatic rings. The Kier molecular flexibility index (Phi) is 13.4. The minimum absolute atomic E-state index is 0.204. The molecule has 1 rings (SSSR count). The third-order valence-electron chi connectivity index (χ3n) is 1.77. The van der Waals surface area contributed by atoms with Crippen molar-refractivity contribution in [2.24, 2.45) is 0 Å². The van der Waals surface area contributed by atoms with Gasteiger partial charge < -0.3 is 9.53 Å². The summed E-state index contributed by atoms with van der Waals surface area (Å²) in [7, 11) is 1.58. The molecule has 0 unspecified atom stereocenters. The predicted molar refractivity (Wildman–Crippen MR) is 72.5 cm³/mol. The van der Waals surface area contributed by atoms with Gasteiger partial charge >= 0.3 is 0 Å². The molecule has 1 aromatic rings. The zero-order chi connectivity index (χ0) is 13.7.